The molecule has 22 heavy (non-hydrogen) atoms. The molecule has 0 spiro atoms. The van der Waals surface area contributed by atoms with Crippen LogP contribution >= 0.6 is 0 Å². The van der Waals surface area contributed by atoms with Crippen molar-refractivity contribution in [3.05, 3.63) is 90.0 Å². The molecule has 1 N–H and O–H groups in total. The van der Waals surface area contributed by atoms with Gasteiger partial charge in [0.05, 0.1) is 19.3 Å². The number of benzene rings is 2. The molecule has 0 unspecified atom stereocenters. The molecule has 0 saturated carbocycles. The van der Waals surface area contributed by atoms with Crippen LogP contribution in [0.1, 0.15) is 17.0 Å². The molecule has 4 nitrogen and oxygen atoms in total. The van der Waals surface area contributed by atoms with Gasteiger partial charge in [-0.05, 0) is 11.1 Å². The van der Waals surface area contributed by atoms with E-state index in [1.165, 1.54) is 11.1 Å². The van der Waals surface area contributed by atoms with Crippen LogP contribution in [0.15, 0.2) is 78.2 Å². The molecule has 0 radical (unpaired) electrons. The highest BCUT2D eigenvalue weighted by atomic mass is 15.4. The second-order valence-corrected chi connectivity index (χ2v) is 5.01. The second kappa shape index (κ2) is 7.22. The van der Waals surface area contributed by atoms with Crippen LogP contribution in [-0.2, 0) is 13.1 Å². The highest BCUT2D eigenvalue weighted by molar-refractivity contribution is 5.73. The fourth-order valence-electron chi connectivity index (χ4n) is 2.21. The Bertz CT molecular complexity index is 649. The average Bonchev–Trinajstić information content (AvgIpc) is 3.08. The minimum absolute atomic E-state index is 0.756. The standard InChI is InChI=1S/C18H18N4/c1-3-7-16(8-4-1)14-22(15-17-9-5-2-6-10-17)21-13-18-19-11-12-20-18/h1-13H,14-15H2,(H,19,20)/b21-13+. The van der Waals surface area contributed by atoms with Gasteiger partial charge in [0, 0.05) is 12.4 Å². The Kier molecular flexibility index (Phi) is 4.62. The molecule has 0 saturated heterocycles. The number of hydrazone groups is 1. The van der Waals surface area contributed by atoms with Crippen LogP contribution in [0.2, 0.25) is 0 Å². The monoisotopic (exact) mass is 290 g/mol. The number of H-pyrrole nitrogens is 1. The van der Waals surface area contributed by atoms with E-state index in [0.717, 1.165) is 18.9 Å². The van der Waals surface area contributed by atoms with E-state index in [4.69, 9.17) is 0 Å². The molecule has 2 aromatic carbocycles. The Morgan fingerprint density at radius 3 is 2.00 bits per heavy atom. The van der Waals surface area contributed by atoms with Gasteiger partial charge in [-0.3, -0.25) is 5.01 Å². The molecule has 3 rings (SSSR count). The van der Waals surface area contributed by atoms with E-state index in [0.29, 0.717) is 0 Å². The predicted molar refractivity (Wildman–Crippen MR) is 88.3 cm³/mol. The minimum Gasteiger partial charge on any atom is -0.344 e. The SMILES string of the molecule is C(=N\N(Cc1ccccc1)Cc1ccccc1)/c1ncc[nH]1. The van der Waals surface area contributed by atoms with E-state index < -0.39 is 0 Å². The number of rotatable bonds is 6. The van der Waals surface area contributed by atoms with Crippen LogP contribution in [0.5, 0.6) is 0 Å². The molecule has 1 heterocycles. The van der Waals surface area contributed by atoms with E-state index in [-0.39, 0.29) is 0 Å². The van der Waals surface area contributed by atoms with Crippen molar-refractivity contribution in [3.8, 4) is 0 Å². The minimum atomic E-state index is 0.756. The lowest BCUT2D eigenvalue weighted by atomic mass is 10.2. The van der Waals surface area contributed by atoms with Crippen LogP contribution in [-0.4, -0.2) is 21.2 Å². The van der Waals surface area contributed by atoms with Gasteiger partial charge in [-0.15, -0.1) is 0 Å². The normalized spacial score (nSPS) is 10.9. The molecule has 0 fully saturated rings. The summed E-state index contributed by atoms with van der Waals surface area (Å²) in [5.41, 5.74) is 2.46. The Morgan fingerprint density at radius 1 is 0.909 bits per heavy atom. The average molecular weight is 290 g/mol. The second-order valence-electron chi connectivity index (χ2n) is 5.01. The number of nitrogens with zero attached hydrogens (tertiary/aromatic N) is 3. The smallest absolute Gasteiger partial charge is 0.150 e. The van der Waals surface area contributed by atoms with Crippen molar-refractivity contribution in [2.24, 2.45) is 5.10 Å². The zero-order chi connectivity index (χ0) is 15.0. The van der Waals surface area contributed by atoms with Crippen molar-refractivity contribution in [3.63, 3.8) is 0 Å². The topological polar surface area (TPSA) is 44.3 Å². The largest absolute Gasteiger partial charge is 0.344 e. The van der Waals surface area contributed by atoms with Crippen molar-refractivity contribution in [1.29, 1.82) is 0 Å². The fraction of sp³-hybridized carbons (Fsp3) is 0.111. The molecule has 0 aliphatic carbocycles. The van der Waals surface area contributed by atoms with Crippen molar-refractivity contribution in [1.82, 2.24) is 15.0 Å². The summed E-state index contributed by atoms with van der Waals surface area (Å²) >= 11 is 0. The van der Waals surface area contributed by atoms with Gasteiger partial charge < -0.3 is 4.98 Å². The summed E-state index contributed by atoms with van der Waals surface area (Å²) in [6.07, 6.45) is 5.27. The number of hydrogen-bond donors (Lipinski definition) is 1. The first-order valence-electron chi connectivity index (χ1n) is 7.26. The molecular weight excluding hydrogens is 272 g/mol. The molecule has 0 aliphatic heterocycles. The van der Waals surface area contributed by atoms with E-state index in [9.17, 15) is 0 Å². The summed E-state index contributed by atoms with van der Waals surface area (Å²) in [5.74, 6) is 0.756. The zero-order valence-electron chi connectivity index (χ0n) is 12.3. The van der Waals surface area contributed by atoms with Crippen LogP contribution in [0, 0.1) is 0 Å². The van der Waals surface area contributed by atoms with Crippen molar-refractivity contribution in [2.75, 3.05) is 0 Å². The third-order valence-electron chi connectivity index (χ3n) is 3.28. The van der Waals surface area contributed by atoms with Gasteiger partial charge in [0.2, 0.25) is 0 Å². The lowest BCUT2D eigenvalue weighted by Crippen LogP contribution is -2.17. The van der Waals surface area contributed by atoms with Crippen molar-refractivity contribution in [2.45, 2.75) is 13.1 Å². The van der Waals surface area contributed by atoms with Crippen LogP contribution in [0.4, 0.5) is 0 Å². The Hall–Kier alpha value is -2.88. The summed E-state index contributed by atoms with van der Waals surface area (Å²) in [5, 5.41) is 6.61. The zero-order valence-corrected chi connectivity index (χ0v) is 12.3. The Labute approximate surface area is 130 Å². The fourth-order valence-corrected chi connectivity index (χ4v) is 2.21. The Balaban J connectivity index is 1.75. The lowest BCUT2D eigenvalue weighted by molar-refractivity contribution is 0.272. The van der Waals surface area contributed by atoms with Gasteiger partial charge in [0.25, 0.3) is 0 Å². The van der Waals surface area contributed by atoms with Crippen LogP contribution in [0.25, 0.3) is 0 Å². The molecule has 110 valence electrons. The summed E-state index contributed by atoms with van der Waals surface area (Å²) in [7, 11) is 0. The maximum atomic E-state index is 4.57. The quantitative estimate of drug-likeness (QED) is 0.558. The van der Waals surface area contributed by atoms with E-state index >= 15 is 0 Å². The molecule has 0 aliphatic rings. The first kappa shape index (κ1) is 14.1. The number of aromatic nitrogens is 2. The molecule has 3 aromatic rings. The molecule has 0 atom stereocenters. The predicted octanol–water partition coefficient (Wildman–Crippen LogP) is 3.45. The van der Waals surface area contributed by atoms with Crippen molar-refractivity contribution < 1.29 is 0 Å². The third kappa shape index (κ3) is 4.06. The van der Waals surface area contributed by atoms with E-state index in [2.05, 4.69) is 39.3 Å². The van der Waals surface area contributed by atoms with E-state index in [1.807, 2.05) is 41.4 Å². The van der Waals surface area contributed by atoms with Gasteiger partial charge in [0.1, 0.15) is 5.82 Å². The molecule has 4 heteroatoms. The van der Waals surface area contributed by atoms with E-state index in [1.54, 1.807) is 18.6 Å². The van der Waals surface area contributed by atoms with Gasteiger partial charge in [-0.25, -0.2) is 4.98 Å². The summed E-state index contributed by atoms with van der Waals surface area (Å²) in [6.45, 7) is 1.51. The number of imidazole rings is 1. The molecule has 0 amide bonds. The first-order valence-corrected chi connectivity index (χ1v) is 7.26. The molecular formula is C18H18N4. The van der Waals surface area contributed by atoms with Gasteiger partial charge in [-0.2, -0.15) is 5.10 Å². The molecule has 0 bridgehead atoms. The maximum Gasteiger partial charge on any atom is 0.150 e. The highest BCUT2D eigenvalue weighted by Gasteiger charge is 2.04. The number of nitrogens with one attached hydrogen (secondary N) is 1. The summed E-state index contributed by atoms with van der Waals surface area (Å²) < 4.78 is 0. The lowest BCUT2D eigenvalue weighted by Gasteiger charge is -2.19. The highest BCUT2D eigenvalue weighted by Crippen LogP contribution is 2.10. The number of hydrogen-bond acceptors (Lipinski definition) is 3. The van der Waals surface area contributed by atoms with Crippen LogP contribution in [0.3, 0.4) is 0 Å². The Morgan fingerprint density at radius 2 is 1.50 bits per heavy atom. The summed E-state index contributed by atoms with van der Waals surface area (Å²) in [4.78, 5) is 7.20. The van der Waals surface area contributed by atoms with Gasteiger partial charge in [-0.1, -0.05) is 60.7 Å². The van der Waals surface area contributed by atoms with Crippen LogP contribution < -0.4 is 0 Å². The molecule has 1 aromatic heterocycles. The van der Waals surface area contributed by atoms with Crippen molar-refractivity contribution >= 4 is 6.21 Å². The van der Waals surface area contributed by atoms with Gasteiger partial charge in [0.15, 0.2) is 0 Å². The maximum absolute atomic E-state index is 4.57. The van der Waals surface area contributed by atoms with Gasteiger partial charge >= 0.3 is 0 Å². The third-order valence-corrected chi connectivity index (χ3v) is 3.28. The number of aromatic amines is 1. The summed E-state index contributed by atoms with van der Waals surface area (Å²) in [6, 6.07) is 20.7. The first-order chi connectivity index (χ1) is 10.9.